The van der Waals surface area contributed by atoms with E-state index in [1.54, 1.807) is 24.0 Å². The number of halogens is 1. The third kappa shape index (κ3) is 2.57. The summed E-state index contributed by atoms with van der Waals surface area (Å²) in [7, 11) is 0. The lowest BCUT2D eigenvalue weighted by Gasteiger charge is -2.23. The molecule has 20 heavy (non-hydrogen) atoms. The van der Waals surface area contributed by atoms with E-state index >= 15 is 0 Å². The minimum atomic E-state index is -0.440. The van der Waals surface area contributed by atoms with Crippen LogP contribution >= 0.6 is 0 Å². The number of para-hydroxylation sites is 1. The van der Waals surface area contributed by atoms with E-state index in [9.17, 15) is 9.18 Å². The summed E-state index contributed by atoms with van der Waals surface area (Å²) in [6, 6.07) is 12.5. The standard InChI is InChI=1S/C17H18FNO/c1-4-19(15-11-6-5-8-12(15)2)17(20)14-10-7-9-13(3)16(14)18/h5-11H,4H2,1-3H3. The van der Waals surface area contributed by atoms with Crippen LogP contribution in [-0.4, -0.2) is 12.5 Å². The van der Waals surface area contributed by atoms with Gasteiger partial charge in [-0.2, -0.15) is 0 Å². The van der Waals surface area contributed by atoms with Crippen LogP contribution in [0.25, 0.3) is 0 Å². The fourth-order valence-electron chi connectivity index (χ4n) is 2.25. The molecule has 0 radical (unpaired) electrons. The normalized spacial score (nSPS) is 10.4. The van der Waals surface area contributed by atoms with Crippen LogP contribution in [0.15, 0.2) is 42.5 Å². The number of aryl methyl sites for hydroxylation is 2. The van der Waals surface area contributed by atoms with Crippen molar-refractivity contribution in [3.05, 3.63) is 65.0 Å². The second-order valence-electron chi connectivity index (χ2n) is 4.77. The summed E-state index contributed by atoms with van der Waals surface area (Å²) < 4.78 is 14.1. The number of benzene rings is 2. The van der Waals surface area contributed by atoms with Crippen LogP contribution in [0.1, 0.15) is 28.4 Å². The fourth-order valence-corrected chi connectivity index (χ4v) is 2.25. The van der Waals surface area contributed by atoms with Gasteiger partial charge in [0.05, 0.1) is 5.56 Å². The minimum Gasteiger partial charge on any atom is -0.308 e. The molecule has 104 valence electrons. The Morgan fingerprint density at radius 3 is 2.35 bits per heavy atom. The molecule has 2 aromatic carbocycles. The van der Waals surface area contributed by atoms with Gasteiger partial charge in [-0.1, -0.05) is 30.3 Å². The number of hydrogen-bond donors (Lipinski definition) is 0. The van der Waals surface area contributed by atoms with E-state index < -0.39 is 5.82 Å². The van der Waals surface area contributed by atoms with E-state index in [1.807, 2.05) is 38.1 Å². The lowest BCUT2D eigenvalue weighted by atomic mass is 10.1. The summed E-state index contributed by atoms with van der Waals surface area (Å²) in [5.41, 5.74) is 2.42. The number of amides is 1. The molecule has 0 unspecified atom stereocenters. The average Bonchev–Trinajstić information content (AvgIpc) is 2.44. The topological polar surface area (TPSA) is 20.3 Å². The molecular formula is C17H18FNO. The SMILES string of the molecule is CCN(C(=O)c1cccc(C)c1F)c1ccccc1C. The molecule has 0 aliphatic carbocycles. The highest BCUT2D eigenvalue weighted by molar-refractivity contribution is 6.06. The van der Waals surface area contributed by atoms with Crippen LogP contribution in [0.5, 0.6) is 0 Å². The number of carbonyl (C=O) groups excluding carboxylic acids is 1. The molecule has 0 fully saturated rings. The first kappa shape index (κ1) is 14.3. The summed E-state index contributed by atoms with van der Waals surface area (Å²) in [6.07, 6.45) is 0. The lowest BCUT2D eigenvalue weighted by Crippen LogP contribution is -2.32. The highest BCUT2D eigenvalue weighted by Gasteiger charge is 2.21. The van der Waals surface area contributed by atoms with E-state index in [0.29, 0.717) is 12.1 Å². The molecule has 0 aromatic heterocycles. The van der Waals surface area contributed by atoms with E-state index in [-0.39, 0.29) is 11.5 Å². The molecule has 3 heteroatoms. The molecule has 0 atom stereocenters. The summed E-state index contributed by atoms with van der Waals surface area (Å²) in [6.45, 7) is 5.99. The molecule has 2 aromatic rings. The van der Waals surface area contributed by atoms with Crippen LogP contribution in [0, 0.1) is 19.7 Å². The Morgan fingerprint density at radius 2 is 1.70 bits per heavy atom. The van der Waals surface area contributed by atoms with Crippen molar-refractivity contribution in [2.45, 2.75) is 20.8 Å². The largest absolute Gasteiger partial charge is 0.308 e. The summed E-state index contributed by atoms with van der Waals surface area (Å²) in [5.74, 6) is -0.743. The van der Waals surface area contributed by atoms with E-state index in [4.69, 9.17) is 0 Å². The van der Waals surface area contributed by atoms with Crippen LogP contribution in [0.2, 0.25) is 0 Å². The van der Waals surface area contributed by atoms with Crippen molar-refractivity contribution in [1.82, 2.24) is 0 Å². The zero-order valence-corrected chi connectivity index (χ0v) is 12.0. The van der Waals surface area contributed by atoms with Gasteiger partial charge in [0.2, 0.25) is 0 Å². The highest BCUT2D eigenvalue weighted by Crippen LogP contribution is 2.23. The Hall–Kier alpha value is -2.16. The molecule has 2 rings (SSSR count). The van der Waals surface area contributed by atoms with Gasteiger partial charge in [0.25, 0.3) is 5.91 Å². The number of hydrogen-bond acceptors (Lipinski definition) is 1. The van der Waals surface area contributed by atoms with Crippen LogP contribution in [0.4, 0.5) is 10.1 Å². The van der Waals surface area contributed by atoms with Crippen molar-refractivity contribution in [1.29, 1.82) is 0 Å². The molecule has 0 aliphatic heterocycles. The Morgan fingerprint density at radius 1 is 1.05 bits per heavy atom. The second kappa shape index (κ2) is 5.87. The maximum atomic E-state index is 14.1. The average molecular weight is 271 g/mol. The van der Waals surface area contributed by atoms with Gasteiger partial charge in [0.1, 0.15) is 5.82 Å². The van der Waals surface area contributed by atoms with Crippen molar-refractivity contribution in [2.24, 2.45) is 0 Å². The van der Waals surface area contributed by atoms with Gasteiger partial charge in [-0.05, 0) is 44.0 Å². The Balaban J connectivity index is 2.45. The van der Waals surface area contributed by atoms with Gasteiger partial charge in [-0.3, -0.25) is 4.79 Å². The van der Waals surface area contributed by atoms with Crippen molar-refractivity contribution >= 4 is 11.6 Å². The molecule has 0 N–H and O–H groups in total. The highest BCUT2D eigenvalue weighted by atomic mass is 19.1. The number of carbonyl (C=O) groups is 1. The van der Waals surface area contributed by atoms with Gasteiger partial charge >= 0.3 is 0 Å². The Kier molecular flexibility index (Phi) is 4.18. The maximum Gasteiger partial charge on any atom is 0.261 e. The molecule has 0 spiro atoms. The summed E-state index contributed by atoms with van der Waals surface area (Å²) in [5, 5.41) is 0. The zero-order chi connectivity index (χ0) is 14.7. The van der Waals surface area contributed by atoms with Crippen molar-refractivity contribution in [3.8, 4) is 0 Å². The molecule has 0 saturated heterocycles. The van der Waals surface area contributed by atoms with Crippen molar-refractivity contribution < 1.29 is 9.18 Å². The number of anilines is 1. The lowest BCUT2D eigenvalue weighted by molar-refractivity contribution is 0.0984. The van der Waals surface area contributed by atoms with E-state index in [0.717, 1.165) is 11.3 Å². The molecule has 1 amide bonds. The van der Waals surface area contributed by atoms with E-state index in [1.165, 1.54) is 6.07 Å². The smallest absolute Gasteiger partial charge is 0.261 e. The molecule has 2 nitrogen and oxygen atoms in total. The fraction of sp³-hybridized carbons (Fsp3) is 0.235. The van der Waals surface area contributed by atoms with Gasteiger partial charge < -0.3 is 4.90 Å². The van der Waals surface area contributed by atoms with Crippen molar-refractivity contribution in [2.75, 3.05) is 11.4 Å². The Labute approximate surface area is 118 Å². The second-order valence-corrected chi connectivity index (χ2v) is 4.77. The number of rotatable bonds is 3. The van der Waals surface area contributed by atoms with E-state index in [2.05, 4.69) is 0 Å². The van der Waals surface area contributed by atoms with Gasteiger partial charge in [0, 0.05) is 12.2 Å². The van der Waals surface area contributed by atoms with Gasteiger partial charge in [0.15, 0.2) is 0 Å². The summed E-state index contributed by atoms with van der Waals surface area (Å²) in [4.78, 5) is 14.2. The molecule has 0 aliphatic rings. The third-order valence-corrected chi connectivity index (χ3v) is 3.39. The predicted octanol–water partition coefficient (Wildman–Crippen LogP) is 4.11. The first-order valence-electron chi connectivity index (χ1n) is 6.69. The van der Waals surface area contributed by atoms with Crippen LogP contribution < -0.4 is 4.90 Å². The minimum absolute atomic E-state index is 0.120. The predicted molar refractivity (Wildman–Crippen MR) is 79.7 cm³/mol. The van der Waals surface area contributed by atoms with Gasteiger partial charge in [-0.25, -0.2) is 4.39 Å². The Bertz CT molecular complexity index is 637. The molecule has 0 bridgehead atoms. The van der Waals surface area contributed by atoms with Crippen molar-refractivity contribution in [3.63, 3.8) is 0 Å². The monoisotopic (exact) mass is 271 g/mol. The summed E-state index contributed by atoms with van der Waals surface area (Å²) >= 11 is 0. The third-order valence-electron chi connectivity index (χ3n) is 3.39. The van der Waals surface area contributed by atoms with Crippen LogP contribution in [-0.2, 0) is 0 Å². The van der Waals surface area contributed by atoms with Gasteiger partial charge in [-0.15, -0.1) is 0 Å². The first-order valence-corrected chi connectivity index (χ1v) is 6.69. The maximum absolute atomic E-state index is 14.1. The zero-order valence-electron chi connectivity index (χ0n) is 12.0. The first-order chi connectivity index (χ1) is 9.56. The quantitative estimate of drug-likeness (QED) is 0.822. The molecule has 0 heterocycles. The number of nitrogens with zero attached hydrogens (tertiary/aromatic N) is 1. The molecular weight excluding hydrogens is 253 g/mol. The van der Waals surface area contributed by atoms with Crippen LogP contribution in [0.3, 0.4) is 0 Å². The molecule has 0 saturated carbocycles.